The van der Waals surface area contributed by atoms with Crippen molar-refractivity contribution in [2.45, 2.75) is 18.7 Å². The molecule has 1 heterocycles. The zero-order valence-corrected chi connectivity index (χ0v) is 12.3. The summed E-state index contributed by atoms with van der Waals surface area (Å²) in [5.74, 6) is 0.999. The molecule has 0 aliphatic carbocycles. The molecule has 0 amide bonds. The highest BCUT2D eigenvalue weighted by molar-refractivity contribution is 9.08. The molecule has 0 saturated heterocycles. The van der Waals surface area contributed by atoms with Crippen molar-refractivity contribution in [2.75, 3.05) is 11.9 Å². The van der Waals surface area contributed by atoms with Gasteiger partial charge in [-0.15, -0.1) is 0 Å². The van der Waals surface area contributed by atoms with Gasteiger partial charge in [-0.25, -0.2) is 4.98 Å². The van der Waals surface area contributed by atoms with E-state index in [1.54, 1.807) is 0 Å². The summed E-state index contributed by atoms with van der Waals surface area (Å²) in [6.45, 7) is 2.17. The van der Waals surface area contributed by atoms with Gasteiger partial charge in [0.15, 0.2) is 0 Å². The third-order valence-electron chi connectivity index (χ3n) is 3.06. The molecule has 0 aliphatic rings. The van der Waals surface area contributed by atoms with E-state index >= 15 is 0 Å². The lowest BCUT2D eigenvalue weighted by Gasteiger charge is -2.20. The molecule has 2 nitrogen and oxygen atoms in total. The van der Waals surface area contributed by atoms with Crippen molar-refractivity contribution in [1.82, 2.24) is 4.98 Å². The van der Waals surface area contributed by atoms with Crippen LogP contribution in [-0.2, 0) is 11.8 Å². The van der Waals surface area contributed by atoms with Crippen LogP contribution in [0.1, 0.15) is 18.1 Å². The predicted octanol–water partition coefficient (Wildman–Crippen LogP) is 4.31. The number of aryl methyl sites for hydroxylation is 1. The molecule has 0 fully saturated rings. The number of benzene rings is 1. The van der Waals surface area contributed by atoms with Crippen LogP contribution in [0.2, 0.25) is 0 Å². The van der Waals surface area contributed by atoms with Gasteiger partial charge in [0, 0.05) is 29.8 Å². The molecule has 94 valence electrons. The van der Waals surface area contributed by atoms with E-state index in [2.05, 4.69) is 70.1 Å². The van der Waals surface area contributed by atoms with Crippen molar-refractivity contribution in [1.29, 1.82) is 0 Å². The lowest BCUT2D eigenvalue weighted by molar-refractivity contribution is 1.09. The monoisotopic (exact) mass is 304 g/mol. The maximum absolute atomic E-state index is 4.46. The molecule has 2 rings (SSSR count). The second kappa shape index (κ2) is 6.01. The van der Waals surface area contributed by atoms with E-state index in [1.165, 1.54) is 11.1 Å². The van der Waals surface area contributed by atoms with Gasteiger partial charge < -0.3 is 4.90 Å². The first kappa shape index (κ1) is 13.1. The van der Waals surface area contributed by atoms with Gasteiger partial charge in [-0.05, 0) is 30.2 Å². The summed E-state index contributed by atoms with van der Waals surface area (Å²) in [4.78, 5) is 6.59. The van der Waals surface area contributed by atoms with Gasteiger partial charge in [0.25, 0.3) is 0 Å². The van der Waals surface area contributed by atoms with Crippen LogP contribution in [0.4, 0.5) is 11.5 Å². The van der Waals surface area contributed by atoms with E-state index in [1.807, 2.05) is 12.3 Å². The summed E-state index contributed by atoms with van der Waals surface area (Å²) in [6, 6.07) is 12.7. The van der Waals surface area contributed by atoms with Crippen molar-refractivity contribution < 1.29 is 0 Å². The maximum atomic E-state index is 4.46. The normalized spacial score (nSPS) is 10.4. The molecule has 18 heavy (non-hydrogen) atoms. The first-order valence-corrected chi connectivity index (χ1v) is 7.21. The summed E-state index contributed by atoms with van der Waals surface area (Å²) in [7, 11) is 2.05. The molecule has 1 aromatic heterocycles. The van der Waals surface area contributed by atoms with E-state index in [-0.39, 0.29) is 0 Å². The van der Waals surface area contributed by atoms with Crippen LogP contribution in [0.15, 0.2) is 42.6 Å². The van der Waals surface area contributed by atoms with E-state index in [4.69, 9.17) is 0 Å². The van der Waals surface area contributed by atoms with Crippen molar-refractivity contribution in [3.8, 4) is 0 Å². The van der Waals surface area contributed by atoms with Crippen molar-refractivity contribution in [2.24, 2.45) is 0 Å². The molecular formula is C15H17BrN2. The van der Waals surface area contributed by atoms with E-state index in [0.717, 1.165) is 23.3 Å². The van der Waals surface area contributed by atoms with Crippen LogP contribution in [0.5, 0.6) is 0 Å². The van der Waals surface area contributed by atoms with E-state index in [0.29, 0.717) is 0 Å². The SMILES string of the molecule is CCc1ccc(N(C)c2ncccc2CBr)cc1. The Labute approximate surface area is 117 Å². The number of aromatic nitrogens is 1. The number of rotatable bonds is 4. The standard InChI is InChI=1S/C15H17BrN2/c1-3-12-6-8-14(9-7-12)18(2)15-13(11-16)5-4-10-17-15/h4-10H,3,11H2,1-2H3. The first-order valence-electron chi connectivity index (χ1n) is 6.08. The highest BCUT2D eigenvalue weighted by atomic mass is 79.9. The zero-order chi connectivity index (χ0) is 13.0. The molecule has 1 aromatic carbocycles. The van der Waals surface area contributed by atoms with Crippen molar-refractivity contribution in [3.05, 3.63) is 53.7 Å². The molecule has 0 aliphatic heterocycles. The summed E-state index contributed by atoms with van der Waals surface area (Å²) in [6.07, 6.45) is 2.90. The highest BCUT2D eigenvalue weighted by Crippen LogP contribution is 2.26. The van der Waals surface area contributed by atoms with Crippen LogP contribution >= 0.6 is 15.9 Å². The van der Waals surface area contributed by atoms with Gasteiger partial charge in [-0.1, -0.05) is 41.1 Å². The summed E-state index contributed by atoms with van der Waals surface area (Å²) in [5, 5.41) is 0.813. The number of nitrogens with zero attached hydrogens (tertiary/aromatic N) is 2. The Hall–Kier alpha value is -1.35. The Morgan fingerprint density at radius 1 is 1.17 bits per heavy atom. The quantitative estimate of drug-likeness (QED) is 0.783. The fraction of sp³-hybridized carbons (Fsp3) is 0.267. The Balaban J connectivity index is 2.31. The average Bonchev–Trinajstić information content (AvgIpc) is 2.46. The number of hydrogen-bond donors (Lipinski definition) is 0. The van der Waals surface area contributed by atoms with Gasteiger partial charge in [0.05, 0.1) is 0 Å². The van der Waals surface area contributed by atoms with E-state index in [9.17, 15) is 0 Å². The molecule has 0 atom stereocenters. The van der Waals surface area contributed by atoms with Crippen LogP contribution < -0.4 is 4.90 Å². The van der Waals surface area contributed by atoms with Gasteiger partial charge in [0.1, 0.15) is 5.82 Å². The molecule has 0 radical (unpaired) electrons. The summed E-state index contributed by atoms with van der Waals surface area (Å²) < 4.78 is 0. The number of halogens is 1. The minimum atomic E-state index is 0.813. The molecule has 3 heteroatoms. The third-order valence-corrected chi connectivity index (χ3v) is 3.67. The summed E-state index contributed by atoms with van der Waals surface area (Å²) in [5.41, 5.74) is 3.71. The van der Waals surface area contributed by atoms with Crippen LogP contribution in [0, 0.1) is 0 Å². The highest BCUT2D eigenvalue weighted by Gasteiger charge is 2.09. The minimum Gasteiger partial charge on any atom is -0.329 e. The van der Waals surface area contributed by atoms with Crippen molar-refractivity contribution >= 4 is 27.4 Å². The minimum absolute atomic E-state index is 0.813. The smallest absolute Gasteiger partial charge is 0.136 e. The topological polar surface area (TPSA) is 16.1 Å². The van der Waals surface area contributed by atoms with Crippen LogP contribution in [0.25, 0.3) is 0 Å². The Kier molecular flexibility index (Phi) is 4.37. The fourth-order valence-electron chi connectivity index (χ4n) is 1.91. The van der Waals surface area contributed by atoms with Crippen LogP contribution in [0.3, 0.4) is 0 Å². The second-order valence-corrected chi connectivity index (χ2v) is 4.76. The number of hydrogen-bond acceptors (Lipinski definition) is 2. The van der Waals surface area contributed by atoms with E-state index < -0.39 is 0 Å². The number of anilines is 2. The van der Waals surface area contributed by atoms with Gasteiger partial charge in [-0.3, -0.25) is 0 Å². The Bertz CT molecular complexity index is 508. The summed E-state index contributed by atoms with van der Waals surface area (Å²) >= 11 is 3.51. The molecule has 0 bridgehead atoms. The van der Waals surface area contributed by atoms with Crippen molar-refractivity contribution in [3.63, 3.8) is 0 Å². The first-order chi connectivity index (χ1) is 8.76. The zero-order valence-electron chi connectivity index (χ0n) is 10.7. The Morgan fingerprint density at radius 2 is 1.89 bits per heavy atom. The van der Waals surface area contributed by atoms with Gasteiger partial charge in [0.2, 0.25) is 0 Å². The van der Waals surface area contributed by atoms with Gasteiger partial charge in [-0.2, -0.15) is 0 Å². The average molecular weight is 305 g/mol. The lowest BCUT2D eigenvalue weighted by Crippen LogP contribution is -2.13. The van der Waals surface area contributed by atoms with Crippen LogP contribution in [-0.4, -0.2) is 12.0 Å². The Morgan fingerprint density at radius 3 is 2.50 bits per heavy atom. The maximum Gasteiger partial charge on any atom is 0.136 e. The number of pyridine rings is 1. The molecular weight excluding hydrogens is 288 g/mol. The molecule has 2 aromatic rings. The lowest BCUT2D eigenvalue weighted by atomic mass is 10.1. The molecule has 0 N–H and O–H groups in total. The molecule has 0 saturated carbocycles. The number of alkyl halides is 1. The largest absolute Gasteiger partial charge is 0.329 e. The predicted molar refractivity (Wildman–Crippen MR) is 80.8 cm³/mol. The molecule has 0 spiro atoms. The third kappa shape index (κ3) is 2.72. The fourth-order valence-corrected chi connectivity index (χ4v) is 2.35. The second-order valence-electron chi connectivity index (χ2n) is 4.20. The molecule has 0 unspecified atom stereocenters. The van der Waals surface area contributed by atoms with Gasteiger partial charge >= 0.3 is 0 Å².